The Labute approximate surface area is 216 Å². The summed E-state index contributed by atoms with van der Waals surface area (Å²) in [7, 11) is 1.62. The summed E-state index contributed by atoms with van der Waals surface area (Å²) in [5.41, 5.74) is 2.80. The number of aromatic nitrogens is 2. The molecule has 1 N–H and O–H groups in total. The van der Waals surface area contributed by atoms with Crippen LogP contribution in [0, 0.1) is 0 Å². The smallest absolute Gasteiger partial charge is 0.277 e. The van der Waals surface area contributed by atoms with Crippen LogP contribution in [0.2, 0.25) is 0 Å². The Bertz CT molecular complexity index is 1120. The molecule has 2 aromatic carbocycles. The summed E-state index contributed by atoms with van der Waals surface area (Å²) in [6.07, 6.45) is 6.90. The number of nitrogens with one attached hydrogen (secondary N) is 1. The Morgan fingerprint density at radius 3 is 2.42 bits per heavy atom. The second-order valence-electron chi connectivity index (χ2n) is 9.30. The van der Waals surface area contributed by atoms with E-state index in [1.54, 1.807) is 7.11 Å². The number of rotatable bonds is 8. The van der Waals surface area contributed by atoms with E-state index < -0.39 is 0 Å². The fourth-order valence-corrected chi connectivity index (χ4v) is 5.55. The first-order valence-electron chi connectivity index (χ1n) is 12.7. The monoisotopic (exact) mass is 507 g/mol. The van der Waals surface area contributed by atoms with Crippen molar-refractivity contribution in [1.82, 2.24) is 15.1 Å². The standard InChI is InChI=1S/C27H33N5O3S/c1-34-24-13-7-20(8-14-24)26-29-30-27(35-26)36-19-25(33)28-21-9-11-23(12-10-21)32-17-15-31(16-18-32)22-5-3-2-4-6-22/h7-14,22H,2-6,15-19H2,1H3,(H,28,33). The molecule has 3 aromatic rings. The van der Waals surface area contributed by atoms with Gasteiger partial charge in [-0.3, -0.25) is 9.69 Å². The Morgan fingerprint density at radius 2 is 1.72 bits per heavy atom. The van der Waals surface area contributed by atoms with Gasteiger partial charge in [0.15, 0.2) is 0 Å². The summed E-state index contributed by atoms with van der Waals surface area (Å²) in [6.45, 7) is 4.38. The van der Waals surface area contributed by atoms with Crippen molar-refractivity contribution in [3.63, 3.8) is 0 Å². The van der Waals surface area contributed by atoms with Crippen molar-refractivity contribution in [3.05, 3.63) is 48.5 Å². The van der Waals surface area contributed by atoms with Crippen LogP contribution < -0.4 is 15.0 Å². The molecule has 8 nitrogen and oxygen atoms in total. The second kappa shape index (κ2) is 11.8. The van der Waals surface area contributed by atoms with Gasteiger partial charge in [-0.15, -0.1) is 10.2 Å². The maximum absolute atomic E-state index is 12.5. The lowest BCUT2D eigenvalue weighted by Gasteiger charge is -2.41. The van der Waals surface area contributed by atoms with Crippen molar-refractivity contribution < 1.29 is 13.9 Å². The fraction of sp³-hybridized carbons (Fsp3) is 0.444. The zero-order valence-corrected chi connectivity index (χ0v) is 21.5. The van der Waals surface area contributed by atoms with E-state index >= 15 is 0 Å². The van der Waals surface area contributed by atoms with Crippen molar-refractivity contribution in [1.29, 1.82) is 0 Å². The quantitative estimate of drug-likeness (QED) is 0.430. The molecule has 2 fully saturated rings. The van der Waals surface area contributed by atoms with Crippen LogP contribution in [0.3, 0.4) is 0 Å². The van der Waals surface area contributed by atoms with Crippen LogP contribution in [0.25, 0.3) is 11.5 Å². The van der Waals surface area contributed by atoms with E-state index in [1.807, 2.05) is 36.4 Å². The highest BCUT2D eigenvalue weighted by Crippen LogP contribution is 2.27. The molecule has 1 aliphatic carbocycles. The van der Waals surface area contributed by atoms with Crippen LogP contribution in [0.4, 0.5) is 11.4 Å². The Morgan fingerprint density at radius 1 is 1.00 bits per heavy atom. The van der Waals surface area contributed by atoms with E-state index in [0.717, 1.165) is 49.2 Å². The van der Waals surface area contributed by atoms with Crippen molar-refractivity contribution >= 4 is 29.0 Å². The minimum Gasteiger partial charge on any atom is -0.497 e. The average molecular weight is 508 g/mol. The molecule has 5 rings (SSSR count). The lowest BCUT2D eigenvalue weighted by molar-refractivity contribution is -0.113. The van der Waals surface area contributed by atoms with Crippen LogP contribution in [0.5, 0.6) is 5.75 Å². The molecule has 0 atom stereocenters. The van der Waals surface area contributed by atoms with Gasteiger partial charge in [-0.05, 0) is 61.4 Å². The topological polar surface area (TPSA) is 83.7 Å². The Hall–Kier alpha value is -3.04. The molecular formula is C27H33N5O3S. The van der Waals surface area contributed by atoms with E-state index in [9.17, 15) is 4.79 Å². The van der Waals surface area contributed by atoms with Crippen LogP contribution in [-0.4, -0.2) is 66.1 Å². The van der Waals surface area contributed by atoms with Gasteiger partial charge < -0.3 is 19.4 Å². The highest BCUT2D eigenvalue weighted by Gasteiger charge is 2.25. The molecule has 0 spiro atoms. The SMILES string of the molecule is COc1ccc(-c2nnc(SCC(=O)Nc3ccc(N4CCN(C5CCCCC5)CC4)cc3)o2)cc1. The Balaban J connectivity index is 1.07. The van der Waals surface area contributed by atoms with E-state index in [2.05, 4.69) is 37.4 Å². The molecule has 1 saturated heterocycles. The van der Waals surface area contributed by atoms with Gasteiger partial charge in [0.25, 0.3) is 5.22 Å². The van der Waals surface area contributed by atoms with Crippen molar-refractivity contribution in [2.75, 3.05) is 49.3 Å². The molecular weight excluding hydrogens is 474 g/mol. The number of carbonyl (C=O) groups is 1. The molecule has 0 bridgehead atoms. The lowest BCUT2D eigenvalue weighted by Crippen LogP contribution is -2.50. The third-order valence-corrected chi connectivity index (χ3v) is 7.81. The predicted molar refractivity (Wildman–Crippen MR) is 143 cm³/mol. The second-order valence-corrected chi connectivity index (χ2v) is 10.2. The number of hydrogen-bond acceptors (Lipinski definition) is 8. The number of carbonyl (C=O) groups excluding carboxylic acids is 1. The molecule has 1 amide bonds. The first-order valence-corrected chi connectivity index (χ1v) is 13.7. The zero-order chi connectivity index (χ0) is 24.7. The van der Waals surface area contributed by atoms with Gasteiger partial charge in [-0.25, -0.2) is 0 Å². The van der Waals surface area contributed by atoms with Gasteiger partial charge in [0.2, 0.25) is 11.8 Å². The third kappa shape index (κ3) is 6.20. The average Bonchev–Trinajstić information content (AvgIpc) is 3.42. The highest BCUT2D eigenvalue weighted by molar-refractivity contribution is 7.99. The van der Waals surface area contributed by atoms with Crippen LogP contribution in [0.1, 0.15) is 32.1 Å². The molecule has 1 saturated carbocycles. The third-order valence-electron chi connectivity index (χ3n) is 6.99. The summed E-state index contributed by atoms with van der Waals surface area (Å²) < 4.78 is 10.9. The van der Waals surface area contributed by atoms with Crippen molar-refractivity contribution in [2.45, 2.75) is 43.4 Å². The first kappa shape index (κ1) is 24.6. The number of ether oxygens (including phenoxy) is 1. The number of nitrogens with zero attached hydrogens (tertiary/aromatic N) is 4. The number of benzene rings is 2. The van der Waals surface area contributed by atoms with Crippen molar-refractivity contribution in [3.8, 4) is 17.2 Å². The number of methoxy groups -OCH3 is 1. The predicted octanol–water partition coefficient (Wildman–Crippen LogP) is 4.93. The lowest BCUT2D eigenvalue weighted by atomic mass is 9.94. The molecule has 0 radical (unpaired) electrons. The molecule has 36 heavy (non-hydrogen) atoms. The number of hydrogen-bond donors (Lipinski definition) is 1. The van der Waals surface area contributed by atoms with Gasteiger partial charge in [0.1, 0.15) is 5.75 Å². The van der Waals surface area contributed by atoms with E-state index in [1.165, 1.54) is 49.6 Å². The largest absolute Gasteiger partial charge is 0.497 e. The molecule has 1 aliphatic heterocycles. The summed E-state index contributed by atoms with van der Waals surface area (Å²) in [5.74, 6) is 1.25. The molecule has 9 heteroatoms. The summed E-state index contributed by atoms with van der Waals surface area (Å²) >= 11 is 1.22. The van der Waals surface area contributed by atoms with Gasteiger partial charge in [0, 0.05) is 49.2 Å². The first-order chi connectivity index (χ1) is 17.7. The van der Waals surface area contributed by atoms with E-state index in [4.69, 9.17) is 9.15 Å². The summed E-state index contributed by atoms with van der Waals surface area (Å²) in [6, 6.07) is 16.3. The number of amides is 1. The highest BCUT2D eigenvalue weighted by atomic mass is 32.2. The molecule has 190 valence electrons. The number of thioether (sulfide) groups is 1. The maximum atomic E-state index is 12.5. The van der Waals surface area contributed by atoms with Crippen LogP contribution >= 0.6 is 11.8 Å². The number of anilines is 2. The van der Waals surface area contributed by atoms with Gasteiger partial charge in [-0.1, -0.05) is 31.0 Å². The minimum atomic E-state index is -0.113. The van der Waals surface area contributed by atoms with Crippen molar-refractivity contribution in [2.24, 2.45) is 0 Å². The van der Waals surface area contributed by atoms with E-state index in [0.29, 0.717) is 11.1 Å². The normalized spacial score (nSPS) is 17.2. The van der Waals surface area contributed by atoms with Crippen LogP contribution in [0.15, 0.2) is 58.2 Å². The van der Waals surface area contributed by atoms with Gasteiger partial charge >= 0.3 is 0 Å². The maximum Gasteiger partial charge on any atom is 0.277 e. The van der Waals surface area contributed by atoms with Gasteiger partial charge in [-0.2, -0.15) is 0 Å². The zero-order valence-electron chi connectivity index (χ0n) is 20.7. The molecule has 2 heterocycles. The van der Waals surface area contributed by atoms with E-state index in [-0.39, 0.29) is 11.7 Å². The molecule has 1 aromatic heterocycles. The van der Waals surface area contributed by atoms with Crippen LogP contribution in [-0.2, 0) is 4.79 Å². The molecule has 0 unspecified atom stereocenters. The number of piperazine rings is 1. The molecule has 2 aliphatic rings. The Kier molecular flexibility index (Phi) is 8.08. The fourth-order valence-electron chi connectivity index (χ4n) is 4.99. The summed E-state index contributed by atoms with van der Waals surface area (Å²) in [4.78, 5) is 17.6. The summed E-state index contributed by atoms with van der Waals surface area (Å²) in [5, 5.41) is 11.4. The minimum absolute atomic E-state index is 0.113. The van der Waals surface area contributed by atoms with Gasteiger partial charge in [0.05, 0.1) is 12.9 Å².